The Labute approximate surface area is 222 Å². The fourth-order valence-electron chi connectivity index (χ4n) is 3.41. The molecule has 0 saturated heterocycles. The number of aliphatic hydroxyl groups excluding tert-OH is 1. The van der Waals surface area contributed by atoms with E-state index in [0.29, 0.717) is 35.7 Å². The van der Waals surface area contributed by atoms with Crippen LogP contribution in [-0.2, 0) is 14.3 Å². The van der Waals surface area contributed by atoms with Crippen LogP contribution in [0.3, 0.4) is 0 Å². The highest BCUT2D eigenvalue weighted by molar-refractivity contribution is 7.98. The molecule has 2 atom stereocenters. The lowest BCUT2D eigenvalue weighted by Gasteiger charge is -2.19. The summed E-state index contributed by atoms with van der Waals surface area (Å²) in [4.78, 5) is 13.6. The minimum Gasteiger partial charge on any atom is -0.491 e. The summed E-state index contributed by atoms with van der Waals surface area (Å²) in [6.45, 7) is 0.811. The molecule has 0 amide bonds. The summed E-state index contributed by atoms with van der Waals surface area (Å²) < 4.78 is 21.8. The second kappa shape index (κ2) is 15.1. The maximum atomic E-state index is 12.4. The molecule has 7 nitrogen and oxygen atoms in total. The second-order valence-electron chi connectivity index (χ2n) is 8.07. The van der Waals surface area contributed by atoms with Crippen molar-refractivity contribution in [1.29, 1.82) is 0 Å². The Bertz CT molecular complexity index is 1120. The van der Waals surface area contributed by atoms with Crippen LogP contribution in [0.2, 0.25) is 0 Å². The largest absolute Gasteiger partial charge is 0.491 e. The van der Waals surface area contributed by atoms with Crippen LogP contribution in [-0.4, -0.2) is 63.6 Å². The van der Waals surface area contributed by atoms with Crippen LogP contribution in [0.15, 0.2) is 83.8 Å². The Morgan fingerprint density at radius 1 is 0.946 bits per heavy atom. The number of rotatable bonds is 14. The van der Waals surface area contributed by atoms with E-state index >= 15 is 0 Å². The number of carbonyl (C=O) groups excluding carboxylic acids is 1. The molecule has 2 unspecified atom stereocenters. The van der Waals surface area contributed by atoms with Gasteiger partial charge in [0, 0.05) is 18.6 Å². The maximum Gasteiger partial charge on any atom is 0.338 e. The standard InChI is InChI=1S/C29H33NO6S/c1-33-28(36-25-7-5-4-6-8-25)19-30-18-23(31)20-35-24-13-11-22(12-14-24)27(29(32)34-2)17-21-9-15-26(37-3)16-10-21/h4-17,23,28,30-31H,18-20H2,1-3H3. The normalized spacial score (nSPS) is 13.0. The number of hydrogen-bond acceptors (Lipinski definition) is 8. The van der Waals surface area contributed by atoms with Gasteiger partial charge in [-0.3, -0.25) is 0 Å². The highest BCUT2D eigenvalue weighted by Gasteiger charge is 2.14. The molecule has 0 heterocycles. The second-order valence-corrected chi connectivity index (χ2v) is 8.95. The summed E-state index contributed by atoms with van der Waals surface area (Å²) in [6.07, 6.45) is 2.60. The zero-order valence-electron chi connectivity index (χ0n) is 21.3. The first kappa shape index (κ1) is 28.3. The van der Waals surface area contributed by atoms with Crippen molar-refractivity contribution in [2.75, 3.05) is 40.2 Å². The third-order valence-electron chi connectivity index (χ3n) is 5.40. The van der Waals surface area contributed by atoms with Crippen LogP contribution < -0.4 is 14.8 Å². The molecule has 8 heteroatoms. The van der Waals surface area contributed by atoms with E-state index in [0.717, 1.165) is 10.5 Å². The van der Waals surface area contributed by atoms with Crippen molar-refractivity contribution in [3.05, 3.63) is 90.0 Å². The first-order chi connectivity index (χ1) is 18.0. The SMILES string of the molecule is COC(=O)C(=Cc1ccc(SC)cc1)c1ccc(OCC(O)CNCC(OC)Oc2ccccc2)cc1. The van der Waals surface area contributed by atoms with Gasteiger partial charge in [-0.05, 0) is 59.9 Å². The minimum absolute atomic E-state index is 0.102. The molecule has 196 valence electrons. The number of carbonyl (C=O) groups is 1. The Balaban J connectivity index is 1.50. The zero-order valence-corrected chi connectivity index (χ0v) is 22.1. The number of para-hydroxylation sites is 1. The summed E-state index contributed by atoms with van der Waals surface area (Å²) in [6, 6.07) is 24.5. The summed E-state index contributed by atoms with van der Waals surface area (Å²) >= 11 is 1.66. The molecule has 0 aliphatic heterocycles. The Kier molecular flexibility index (Phi) is 11.5. The topological polar surface area (TPSA) is 86.3 Å². The van der Waals surface area contributed by atoms with E-state index in [1.54, 1.807) is 49.2 Å². The lowest BCUT2D eigenvalue weighted by atomic mass is 10.0. The number of methoxy groups -OCH3 is 2. The van der Waals surface area contributed by atoms with Gasteiger partial charge in [0.1, 0.15) is 24.2 Å². The van der Waals surface area contributed by atoms with Crippen LogP contribution in [0.5, 0.6) is 11.5 Å². The molecule has 3 aromatic rings. The van der Waals surface area contributed by atoms with Gasteiger partial charge in [-0.2, -0.15) is 0 Å². The quantitative estimate of drug-likeness (QED) is 0.105. The fourth-order valence-corrected chi connectivity index (χ4v) is 3.82. The highest BCUT2D eigenvalue weighted by Crippen LogP contribution is 2.24. The first-order valence-electron chi connectivity index (χ1n) is 11.8. The van der Waals surface area contributed by atoms with E-state index in [9.17, 15) is 9.90 Å². The molecule has 0 aliphatic rings. The van der Waals surface area contributed by atoms with Gasteiger partial charge in [-0.1, -0.05) is 42.5 Å². The fraction of sp³-hybridized carbons (Fsp3) is 0.276. The van der Waals surface area contributed by atoms with Crippen molar-refractivity contribution in [2.45, 2.75) is 17.3 Å². The molecular formula is C29H33NO6S. The Hall–Kier alpha value is -3.30. The molecule has 3 rings (SSSR count). The van der Waals surface area contributed by atoms with Crippen LogP contribution in [0.25, 0.3) is 11.6 Å². The highest BCUT2D eigenvalue weighted by atomic mass is 32.2. The number of ether oxygens (including phenoxy) is 4. The maximum absolute atomic E-state index is 12.4. The molecule has 0 aromatic heterocycles. The lowest BCUT2D eigenvalue weighted by Crippen LogP contribution is -2.38. The molecule has 2 N–H and O–H groups in total. The van der Waals surface area contributed by atoms with Crippen molar-refractivity contribution in [1.82, 2.24) is 5.32 Å². The Morgan fingerprint density at radius 3 is 2.27 bits per heavy atom. The predicted octanol–water partition coefficient (Wildman–Crippen LogP) is 4.50. The molecule has 0 spiro atoms. The molecule has 3 aromatic carbocycles. The molecule has 37 heavy (non-hydrogen) atoms. The van der Waals surface area contributed by atoms with Crippen molar-refractivity contribution < 1.29 is 28.8 Å². The van der Waals surface area contributed by atoms with E-state index < -0.39 is 18.4 Å². The molecule has 0 bridgehead atoms. The van der Waals surface area contributed by atoms with E-state index in [2.05, 4.69) is 5.32 Å². The van der Waals surface area contributed by atoms with E-state index in [-0.39, 0.29) is 6.61 Å². The van der Waals surface area contributed by atoms with E-state index in [1.807, 2.05) is 60.9 Å². The van der Waals surface area contributed by atoms with Crippen LogP contribution in [0, 0.1) is 0 Å². The third-order valence-corrected chi connectivity index (χ3v) is 6.15. The number of esters is 1. The average Bonchev–Trinajstić information content (AvgIpc) is 2.95. The van der Waals surface area contributed by atoms with Crippen LogP contribution in [0.4, 0.5) is 0 Å². The summed E-state index contributed by atoms with van der Waals surface area (Å²) in [7, 11) is 2.93. The third kappa shape index (κ3) is 9.26. The van der Waals surface area contributed by atoms with Gasteiger partial charge in [0.05, 0.1) is 19.2 Å². The minimum atomic E-state index is -0.733. The van der Waals surface area contributed by atoms with Gasteiger partial charge in [0.25, 0.3) is 0 Å². The van der Waals surface area contributed by atoms with Crippen molar-refractivity contribution in [3.63, 3.8) is 0 Å². The van der Waals surface area contributed by atoms with Gasteiger partial charge in [-0.25, -0.2) is 4.79 Å². The molecular weight excluding hydrogens is 490 g/mol. The van der Waals surface area contributed by atoms with Crippen molar-refractivity contribution >= 4 is 29.4 Å². The van der Waals surface area contributed by atoms with Crippen molar-refractivity contribution in [3.8, 4) is 11.5 Å². The molecule has 0 saturated carbocycles. The zero-order chi connectivity index (χ0) is 26.5. The number of hydrogen-bond donors (Lipinski definition) is 2. The average molecular weight is 524 g/mol. The van der Waals surface area contributed by atoms with Crippen LogP contribution in [0.1, 0.15) is 11.1 Å². The number of nitrogens with one attached hydrogen (secondary N) is 1. The number of aliphatic hydroxyl groups is 1. The van der Waals surface area contributed by atoms with Gasteiger partial charge >= 0.3 is 5.97 Å². The summed E-state index contributed by atoms with van der Waals surface area (Å²) in [5.74, 6) is 0.871. The molecule has 0 radical (unpaired) electrons. The summed E-state index contributed by atoms with van der Waals surface area (Å²) in [5.41, 5.74) is 2.05. The Morgan fingerprint density at radius 2 is 1.65 bits per heavy atom. The van der Waals surface area contributed by atoms with Gasteiger partial charge < -0.3 is 29.4 Å². The summed E-state index contributed by atoms with van der Waals surface area (Å²) in [5, 5.41) is 13.4. The number of thioether (sulfide) groups is 1. The molecule has 0 aliphatic carbocycles. The van der Waals surface area contributed by atoms with Gasteiger partial charge in [-0.15, -0.1) is 11.8 Å². The lowest BCUT2D eigenvalue weighted by molar-refractivity contribution is -0.133. The van der Waals surface area contributed by atoms with Crippen molar-refractivity contribution in [2.24, 2.45) is 0 Å². The van der Waals surface area contributed by atoms with E-state index in [4.69, 9.17) is 18.9 Å². The smallest absolute Gasteiger partial charge is 0.338 e. The monoisotopic (exact) mass is 523 g/mol. The van der Waals surface area contributed by atoms with Gasteiger partial charge in [0.2, 0.25) is 6.29 Å². The van der Waals surface area contributed by atoms with Crippen LogP contribution >= 0.6 is 11.8 Å². The van der Waals surface area contributed by atoms with E-state index in [1.165, 1.54) is 7.11 Å². The number of benzene rings is 3. The predicted molar refractivity (Wildman–Crippen MR) is 147 cm³/mol. The molecule has 0 fully saturated rings. The van der Waals surface area contributed by atoms with Gasteiger partial charge in [0.15, 0.2) is 0 Å². The first-order valence-corrected chi connectivity index (χ1v) is 13.1.